The van der Waals surface area contributed by atoms with Crippen molar-refractivity contribution in [1.29, 1.82) is 0 Å². The first kappa shape index (κ1) is 10.5. The van der Waals surface area contributed by atoms with Gasteiger partial charge in [-0.3, -0.25) is 4.40 Å². The second kappa shape index (κ2) is 3.79. The van der Waals surface area contributed by atoms with Crippen LogP contribution in [0.4, 0.5) is 0 Å². The van der Waals surface area contributed by atoms with Gasteiger partial charge in [-0.2, -0.15) is 0 Å². The number of hydrogen-bond acceptors (Lipinski definition) is 2. The van der Waals surface area contributed by atoms with Crippen LogP contribution in [0.2, 0.25) is 0 Å². The molecule has 0 aliphatic heterocycles. The molecule has 92 valence electrons. The lowest BCUT2D eigenvalue weighted by atomic mass is 10.1. The first-order valence-corrected chi connectivity index (χ1v) is 6.53. The topological polar surface area (TPSA) is 30.2 Å². The number of nitrogens with zero attached hydrogens (tertiary/aromatic N) is 3. The summed E-state index contributed by atoms with van der Waals surface area (Å²) in [6.45, 7) is 2.11. The van der Waals surface area contributed by atoms with Crippen LogP contribution in [-0.2, 0) is 6.42 Å². The Morgan fingerprint density at radius 3 is 2.32 bits per heavy atom. The highest BCUT2D eigenvalue weighted by atomic mass is 15.2. The second-order valence-electron chi connectivity index (χ2n) is 4.69. The molecular formula is C16H13N3. The number of aromatic nitrogens is 3. The third kappa shape index (κ3) is 1.32. The number of hydrogen-bond donors (Lipinski definition) is 0. The van der Waals surface area contributed by atoms with E-state index in [4.69, 9.17) is 0 Å². The van der Waals surface area contributed by atoms with E-state index in [0.29, 0.717) is 0 Å². The number of benzene rings is 2. The van der Waals surface area contributed by atoms with Crippen molar-refractivity contribution in [1.82, 2.24) is 14.6 Å². The van der Waals surface area contributed by atoms with Gasteiger partial charge in [0.15, 0.2) is 5.65 Å². The zero-order chi connectivity index (χ0) is 12.8. The molecule has 3 heteroatoms. The van der Waals surface area contributed by atoms with Crippen molar-refractivity contribution >= 4 is 27.3 Å². The van der Waals surface area contributed by atoms with Crippen LogP contribution >= 0.6 is 0 Å². The van der Waals surface area contributed by atoms with Crippen LogP contribution in [0.5, 0.6) is 0 Å². The minimum Gasteiger partial charge on any atom is -0.278 e. The van der Waals surface area contributed by atoms with Crippen molar-refractivity contribution in [2.75, 3.05) is 0 Å². The summed E-state index contributed by atoms with van der Waals surface area (Å²) in [5.74, 6) is 1.01. The van der Waals surface area contributed by atoms with E-state index in [2.05, 4.69) is 70.1 Å². The fourth-order valence-electron chi connectivity index (χ4n) is 2.78. The SMILES string of the molecule is CCc1nnc2c3ccccc3c3ccccc3n12. The zero-order valence-electron chi connectivity index (χ0n) is 10.7. The Morgan fingerprint density at radius 1 is 0.842 bits per heavy atom. The van der Waals surface area contributed by atoms with Gasteiger partial charge in [0.25, 0.3) is 0 Å². The molecule has 2 heterocycles. The molecule has 0 spiro atoms. The molecule has 0 N–H and O–H groups in total. The smallest absolute Gasteiger partial charge is 0.169 e. The molecule has 0 bridgehead atoms. The Hall–Kier alpha value is -2.42. The van der Waals surface area contributed by atoms with E-state index < -0.39 is 0 Å². The summed E-state index contributed by atoms with van der Waals surface area (Å²) in [6, 6.07) is 16.8. The van der Waals surface area contributed by atoms with E-state index in [-0.39, 0.29) is 0 Å². The molecule has 4 rings (SSSR count). The molecule has 2 aromatic carbocycles. The van der Waals surface area contributed by atoms with Gasteiger partial charge in [-0.25, -0.2) is 0 Å². The van der Waals surface area contributed by atoms with Gasteiger partial charge in [0, 0.05) is 17.2 Å². The third-order valence-electron chi connectivity index (χ3n) is 3.65. The van der Waals surface area contributed by atoms with Gasteiger partial charge in [-0.1, -0.05) is 49.4 Å². The molecule has 4 aromatic rings. The van der Waals surface area contributed by atoms with Gasteiger partial charge in [0.2, 0.25) is 0 Å². The molecule has 0 aliphatic carbocycles. The molecule has 0 saturated carbocycles. The molecule has 0 radical (unpaired) electrons. The Balaban J connectivity index is 2.41. The fraction of sp³-hybridized carbons (Fsp3) is 0.125. The van der Waals surface area contributed by atoms with E-state index >= 15 is 0 Å². The van der Waals surface area contributed by atoms with Crippen LogP contribution < -0.4 is 0 Å². The predicted molar refractivity (Wildman–Crippen MR) is 77.4 cm³/mol. The molecule has 3 nitrogen and oxygen atoms in total. The monoisotopic (exact) mass is 247 g/mol. The summed E-state index contributed by atoms with van der Waals surface area (Å²) < 4.78 is 2.18. The standard InChI is InChI=1S/C16H13N3/c1-2-15-17-18-16-13-9-4-3-7-11(13)12-8-5-6-10-14(12)19(15)16/h3-10H,2H2,1H3. The van der Waals surface area contributed by atoms with Crippen LogP contribution in [-0.4, -0.2) is 14.6 Å². The van der Waals surface area contributed by atoms with Crippen LogP contribution in [0.15, 0.2) is 48.5 Å². The van der Waals surface area contributed by atoms with Crippen LogP contribution in [0.1, 0.15) is 12.7 Å². The van der Waals surface area contributed by atoms with Crippen molar-refractivity contribution in [2.24, 2.45) is 0 Å². The summed E-state index contributed by atoms with van der Waals surface area (Å²) in [5.41, 5.74) is 2.13. The van der Waals surface area contributed by atoms with Crippen molar-refractivity contribution in [3.05, 3.63) is 54.4 Å². The van der Waals surface area contributed by atoms with Gasteiger partial charge in [-0.05, 0) is 11.5 Å². The Bertz CT molecular complexity index is 906. The minimum atomic E-state index is 0.878. The lowest BCUT2D eigenvalue weighted by Gasteiger charge is -2.08. The Kier molecular flexibility index (Phi) is 2.09. The summed E-state index contributed by atoms with van der Waals surface area (Å²) in [7, 11) is 0. The molecule has 0 aliphatic rings. The van der Waals surface area contributed by atoms with Crippen molar-refractivity contribution in [3.63, 3.8) is 0 Å². The molecule has 0 fully saturated rings. The van der Waals surface area contributed by atoms with E-state index in [1.165, 1.54) is 16.3 Å². The quantitative estimate of drug-likeness (QED) is 0.481. The highest BCUT2D eigenvalue weighted by molar-refractivity contribution is 6.11. The lowest BCUT2D eigenvalue weighted by molar-refractivity contribution is 0.922. The third-order valence-corrected chi connectivity index (χ3v) is 3.65. The fourth-order valence-corrected chi connectivity index (χ4v) is 2.78. The minimum absolute atomic E-state index is 0.878. The molecule has 0 amide bonds. The Morgan fingerprint density at radius 2 is 1.53 bits per heavy atom. The van der Waals surface area contributed by atoms with E-state index in [1.807, 2.05) is 0 Å². The molecule has 19 heavy (non-hydrogen) atoms. The first-order chi connectivity index (χ1) is 9.40. The Labute approximate surface area is 110 Å². The summed E-state index contributed by atoms with van der Waals surface area (Å²) in [5, 5.41) is 12.4. The number of para-hydroxylation sites is 1. The van der Waals surface area contributed by atoms with Crippen LogP contribution in [0.3, 0.4) is 0 Å². The molecule has 2 aromatic heterocycles. The predicted octanol–water partition coefficient (Wildman–Crippen LogP) is 3.60. The normalized spacial score (nSPS) is 11.6. The number of rotatable bonds is 1. The van der Waals surface area contributed by atoms with Gasteiger partial charge in [0.1, 0.15) is 5.82 Å². The molecule has 0 atom stereocenters. The van der Waals surface area contributed by atoms with Crippen molar-refractivity contribution in [2.45, 2.75) is 13.3 Å². The van der Waals surface area contributed by atoms with E-state index in [1.54, 1.807) is 0 Å². The highest BCUT2D eigenvalue weighted by Crippen LogP contribution is 2.28. The summed E-state index contributed by atoms with van der Waals surface area (Å²) in [4.78, 5) is 0. The van der Waals surface area contributed by atoms with Crippen LogP contribution in [0, 0.1) is 0 Å². The van der Waals surface area contributed by atoms with Crippen molar-refractivity contribution < 1.29 is 0 Å². The summed E-state index contributed by atoms with van der Waals surface area (Å²) >= 11 is 0. The zero-order valence-corrected chi connectivity index (χ0v) is 10.7. The maximum absolute atomic E-state index is 4.38. The van der Waals surface area contributed by atoms with E-state index in [0.717, 1.165) is 23.3 Å². The average Bonchev–Trinajstić information content (AvgIpc) is 2.92. The number of aryl methyl sites for hydroxylation is 1. The van der Waals surface area contributed by atoms with Crippen molar-refractivity contribution in [3.8, 4) is 0 Å². The molecule has 0 saturated heterocycles. The number of pyridine rings is 1. The summed E-state index contributed by atoms with van der Waals surface area (Å²) in [6.07, 6.45) is 0.878. The van der Waals surface area contributed by atoms with Gasteiger partial charge >= 0.3 is 0 Å². The average molecular weight is 247 g/mol. The molecular weight excluding hydrogens is 234 g/mol. The van der Waals surface area contributed by atoms with E-state index in [9.17, 15) is 0 Å². The first-order valence-electron chi connectivity index (χ1n) is 6.53. The molecule has 0 unspecified atom stereocenters. The highest BCUT2D eigenvalue weighted by Gasteiger charge is 2.12. The maximum Gasteiger partial charge on any atom is 0.169 e. The lowest BCUT2D eigenvalue weighted by Crippen LogP contribution is -1.95. The largest absolute Gasteiger partial charge is 0.278 e. The maximum atomic E-state index is 4.38. The van der Waals surface area contributed by atoms with Crippen LogP contribution in [0.25, 0.3) is 27.3 Å². The second-order valence-corrected chi connectivity index (χ2v) is 4.69. The van der Waals surface area contributed by atoms with Gasteiger partial charge < -0.3 is 0 Å². The van der Waals surface area contributed by atoms with Gasteiger partial charge in [-0.15, -0.1) is 10.2 Å². The number of fused-ring (bicyclic) bond motifs is 6. The van der Waals surface area contributed by atoms with Gasteiger partial charge in [0.05, 0.1) is 5.52 Å².